The molecule has 1 N–H and O–H groups in total. The van der Waals surface area contributed by atoms with E-state index >= 15 is 0 Å². The van der Waals surface area contributed by atoms with E-state index in [-0.39, 0.29) is 5.88 Å². The van der Waals surface area contributed by atoms with E-state index in [1.807, 2.05) is 30.3 Å². The van der Waals surface area contributed by atoms with Gasteiger partial charge in [-0.05, 0) is 12.1 Å². The number of hydrogen-bond acceptors (Lipinski definition) is 7. The lowest BCUT2D eigenvalue weighted by Gasteiger charge is -2.42. The molecule has 8 heteroatoms. The fraction of sp³-hybridized carbons (Fsp3) is 0.500. The van der Waals surface area contributed by atoms with Crippen LogP contribution in [-0.2, 0) is 23.8 Å². The van der Waals surface area contributed by atoms with E-state index in [1.165, 1.54) is 25.6 Å². The second kappa shape index (κ2) is 8.71. The molecule has 1 fully saturated rings. The highest BCUT2D eigenvalue weighted by atomic mass is 35.5. The minimum atomic E-state index is -1.19. The van der Waals surface area contributed by atoms with Crippen molar-refractivity contribution in [2.45, 2.75) is 48.6 Å². The fourth-order valence-corrected chi connectivity index (χ4v) is 3.77. The number of esters is 2. The molecular weight excluding hydrogens is 356 g/mol. The van der Waals surface area contributed by atoms with Gasteiger partial charge >= 0.3 is 11.9 Å². The van der Waals surface area contributed by atoms with Crippen molar-refractivity contribution in [1.29, 1.82) is 0 Å². The topological polar surface area (TPSA) is 82.1 Å². The molecule has 1 aromatic carbocycles. The standard InChI is InChI=1S/C16H19ClO6S/c1-9(18)21-14-13(20)12(8-17)23-16(15(14)22-10(2)19)24-11-6-4-3-5-7-11/h3-7,12-16,20H,8H2,1-2H3/t12-,13+,14+,15-,16+/m1/s1. The highest BCUT2D eigenvalue weighted by molar-refractivity contribution is 7.99. The van der Waals surface area contributed by atoms with Crippen molar-refractivity contribution < 1.29 is 28.9 Å². The Labute approximate surface area is 149 Å². The van der Waals surface area contributed by atoms with Gasteiger partial charge in [0.25, 0.3) is 0 Å². The first-order chi connectivity index (χ1) is 11.4. The maximum atomic E-state index is 11.5. The molecule has 0 aliphatic carbocycles. The number of rotatable bonds is 5. The highest BCUT2D eigenvalue weighted by Gasteiger charge is 2.49. The number of halogens is 1. The molecule has 1 saturated heterocycles. The molecule has 0 aromatic heterocycles. The Morgan fingerprint density at radius 2 is 1.75 bits per heavy atom. The van der Waals surface area contributed by atoms with Crippen LogP contribution in [-0.4, -0.2) is 52.8 Å². The van der Waals surface area contributed by atoms with Crippen molar-refractivity contribution in [3.63, 3.8) is 0 Å². The molecule has 1 aliphatic heterocycles. The number of benzene rings is 1. The molecule has 0 spiro atoms. The average Bonchev–Trinajstić information content (AvgIpc) is 2.53. The molecule has 1 heterocycles. The van der Waals surface area contributed by atoms with Gasteiger partial charge in [0.15, 0.2) is 12.2 Å². The van der Waals surface area contributed by atoms with Gasteiger partial charge in [-0.25, -0.2) is 0 Å². The summed E-state index contributed by atoms with van der Waals surface area (Å²) in [5.41, 5.74) is -0.673. The number of aliphatic hydroxyl groups excluding tert-OH is 1. The number of alkyl halides is 1. The Kier molecular flexibility index (Phi) is 6.91. The quantitative estimate of drug-likeness (QED) is 0.623. The molecule has 0 bridgehead atoms. The molecule has 132 valence electrons. The lowest BCUT2D eigenvalue weighted by atomic mass is 10.0. The molecule has 5 atom stereocenters. The average molecular weight is 375 g/mol. The van der Waals surface area contributed by atoms with Crippen molar-refractivity contribution >= 4 is 35.3 Å². The monoisotopic (exact) mass is 374 g/mol. The Morgan fingerprint density at radius 3 is 2.29 bits per heavy atom. The zero-order chi connectivity index (χ0) is 17.7. The lowest BCUT2D eigenvalue weighted by Crippen LogP contribution is -2.59. The van der Waals surface area contributed by atoms with Crippen LogP contribution < -0.4 is 0 Å². The largest absolute Gasteiger partial charge is 0.456 e. The first-order valence-electron chi connectivity index (χ1n) is 7.38. The van der Waals surface area contributed by atoms with Crippen molar-refractivity contribution in [1.82, 2.24) is 0 Å². The zero-order valence-corrected chi connectivity index (χ0v) is 14.8. The van der Waals surface area contributed by atoms with Gasteiger partial charge in [-0.2, -0.15) is 0 Å². The van der Waals surface area contributed by atoms with Crippen molar-refractivity contribution in [2.24, 2.45) is 0 Å². The normalized spacial score (nSPS) is 29.8. The molecule has 0 radical (unpaired) electrons. The van der Waals surface area contributed by atoms with Crippen LogP contribution in [0.1, 0.15) is 13.8 Å². The number of ether oxygens (including phenoxy) is 3. The Bertz CT molecular complexity index is 569. The number of aliphatic hydroxyl groups is 1. The van der Waals surface area contributed by atoms with E-state index < -0.39 is 41.8 Å². The second-order valence-corrected chi connectivity index (χ2v) is 6.75. The molecule has 0 saturated carbocycles. The number of thioether (sulfide) groups is 1. The lowest BCUT2D eigenvalue weighted by molar-refractivity contribution is -0.220. The van der Waals surface area contributed by atoms with Gasteiger partial charge in [0.2, 0.25) is 0 Å². The van der Waals surface area contributed by atoms with Crippen molar-refractivity contribution in [3.05, 3.63) is 30.3 Å². The second-order valence-electron chi connectivity index (χ2n) is 5.27. The molecule has 24 heavy (non-hydrogen) atoms. The third-order valence-corrected chi connectivity index (χ3v) is 4.83. The maximum absolute atomic E-state index is 11.5. The van der Waals surface area contributed by atoms with E-state index in [2.05, 4.69) is 0 Å². The molecule has 1 aromatic rings. The van der Waals surface area contributed by atoms with E-state index in [4.69, 9.17) is 25.8 Å². The van der Waals surface area contributed by atoms with E-state index in [1.54, 1.807) is 0 Å². The van der Waals surface area contributed by atoms with Crippen LogP contribution in [0.25, 0.3) is 0 Å². The van der Waals surface area contributed by atoms with Gasteiger partial charge in [-0.15, -0.1) is 11.6 Å². The first-order valence-corrected chi connectivity index (χ1v) is 8.79. The van der Waals surface area contributed by atoms with E-state index in [0.717, 1.165) is 4.90 Å². The van der Waals surface area contributed by atoms with Crippen LogP contribution >= 0.6 is 23.4 Å². The third-order valence-electron chi connectivity index (χ3n) is 3.37. The Hall–Kier alpha value is -1.28. The van der Waals surface area contributed by atoms with Gasteiger partial charge in [0, 0.05) is 18.7 Å². The van der Waals surface area contributed by atoms with Gasteiger partial charge < -0.3 is 19.3 Å². The summed E-state index contributed by atoms with van der Waals surface area (Å²) in [4.78, 5) is 23.7. The first kappa shape index (κ1) is 19.1. The third kappa shape index (κ3) is 4.86. The number of hydrogen-bond donors (Lipinski definition) is 1. The van der Waals surface area contributed by atoms with E-state index in [0.29, 0.717) is 0 Å². The van der Waals surface area contributed by atoms with Gasteiger partial charge in [-0.1, -0.05) is 30.0 Å². The summed E-state index contributed by atoms with van der Waals surface area (Å²) < 4.78 is 16.3. The minimum Gasteiger partial charge on any atom is -0.456 e. The Balaban J connectivity index is 2.28. The molecular formula is C16H19ClO6S. The van der Waals surface area contributed by atoms with Crippen LogP contribution in [0.5, 0.6) is 0 Å². The summed E-state index contributed by atoms with van der Waals surface area (Å²) >= 11 is 7.16. The van der Waals surface area contributed by atoms with Gasteiger partial charge in [-0.3, -0.25) is 9.59 Å². The molecule has 1 aliphatic rings. The molecule has 0 unspecified atom stereocenters. The summed E-state index contributed by atoms with van der Waals surface area (Å²) in [6.45, 7) is 2.47. The van der Waals surface area contributed by atoms with Gasteiger partial charge in [0.1, 0.15) is 17.6 Å². The summed E-state index contributed by atoms with van der Waals surface area (Å²) in [5, 5.41) is 10.4. The number of carbonyl (C=O) groups is 2. The summed E-state index contributed by atoms with van der Waals surface area (Å²) in [6, 6.07) is 9.36. The SMILES string of the molecule is CC(=O)O[C@@H]1[C@@H](OC(C)=O)[C@@H](O)[C@@H](CCl)O[C@H]1Sc1ccccc1. The fourth-order valence-electron chi connectivity index (χ4n) is 2.39. The van der Waals surface area contributed by atoms with E-state index in [9.17, 15) is 14.7 Å². The predicted molar refractivity (Wildman–Crippen MR) is 88.8 cm³/mol. The summed E-state index contributed by atoms with van der Waals surface area (Å²) in [7, 11) is 0. The Morgan fingerprint density at radius 1 is 1.17 bits per heavy atom. The van der Waals surface area contributed by atoms with Crippen LogP contribution in [0, 0.1) is 0 Å². The summed E-state index contributed by atoms with van der Waals surface area (Å²) in [5.74, 6) is -1.14. The highest BCUT2D eigenvalue weighted by Crippen LogP contribution is 2.36. The molecule has 2 rings (SSSR count). The predicted octanol–water partition coefficient (Wildman–Crippen LogP) is 1.97. The zero-order valence-electron chi connectivity index (χ0n) is 13.3. The van der Waals surface area contributed by atoms with Crippen molar-refractivity contribution in [3.8, 4) is 0 Å². The minimum absolute atomic E-state index is 0.0115. The van der Waals surface area contributed by atoms with Crippen molar-refractivity contribution in [2.75, 3.05) is 5.88 Å². The van der Waals surface area contributed by atoms with Crippen LogP contribution in [0.2, 0.25) is 0 Å². The van der Waals surface area contributed by atoms with Crippen LogP contribution in [0.4, 0.5) is 0 Å². The maximum Gasteiger partial charge on any atom is 0.303 e. The molecule has 6 nitrogen and oxygen atoms in total. The smallest absolute Gasteiger partial charge is 0.303 e. The number of carbonyl (C=O) groups excluding carboxylic acids is 2. The summed E-state index contributed by atoms with van der Waals surface area (Å²) in [6.07, 6.45) is -3.94. The van der Waals surface area contributed by atoms with Gasteiger partial charge in [0.05, 0.1) is 5.88 Å². The molecule has 0 amide bonds. The van der Waals surface area contributed by atoms with Crippen LogP contribution in [0.15, 0.2) is 35.2 Å². The van der Waals surface area contributed by atoms with Crippen LogP contribution in [0.3, 0.4) is 0 Å².